The van der Waals surface area contributed by atoms with Gasteiger partial charge >= 0.3 is 11.4 Å². The topological polar surface area (TPSA) is 153 Å². The number of aliphatic hydroxyl groups is 2. The summed E-state index contributed by atoms with van der Waals surface area (Å²) in [6.45, 7) is 0.370. The molecule has 2 rings (SSSR count). The van der Waals surface area contributed by atoms with Crippen LogP contribution < -0.4 is 0 Å². The second-order valence-electron chi connectivity index (χ2n) is 4.91. The van der Waals surface area contributed by atoms with Gasteiger partial charge in [0.15, 0.2) is 0 Å². The second kappa shape index (κ2) is 16.9. The fourth-order valence-electron chi connectivity index (χ4n) is 1.45. The molecule has 0 unspecified atom stereocenters. The molecule has 0 saturated heterocycles. The number of aromatic nitrogens is 2. The fourth-order valence-corrected chi connectivity index (χ4v) is 2.69. The monoisotopic (exact) mass is 464 g/mol. The van der Waals surface area contributed by atoms with E-state index < -0.39 is 9.85 Å². The number of pyridine rings is 2. The van der Waals surface area contributed by atoms with E-state index in [0.717, 1.165) is 18.4 Å². The molecule has 0 aliphatic carbocycles. The molecule has 2 N–H and O–H groups in total. The summed E-state index contributed by atoms with van der Waals surface area (Å²) in [6.07, 6.45) is 6.71. The summed E-state index contributed by atoms with van der Waals surface area (Å²) in [5.74, 6) is 1.46. The van der Waals surface area contributed by atoms with Gasteiger partial charge in [0.1, 0.15) is 17.4 Å². The van der Waals surface area contributed by atoms with Crippen LogP contribution in [0.1, 0.15) is 12.8 Å². The Kier molecular flexibility index (Phi) is 15.8. The van der Waals surface area contributed by atoms with Crippen LogP contribution >= 0.6 is 36.0 Å². The Morgan fingerprint density at radius 3 is 1.97 bits per heavy atom. The summed E-state index contributed by atoms with van der Waals surface area (Å²) >= 11 is 10.6. The van der Waals surface area contributed by atoms with Gasteiger partial charge in [-0.05, 0) is 30.7 Å². The van der Waals surface area contributed by atoms with Gasteiger partial charge < -0.3 is 10.2 Å². The van der Waals surface area contributed by atoms with Crippen molar-refractivity contribution in [2.45, 2.75) is 17.7 Å². The lowest BCUT2D eigenvalue weighted by molar-refractivity contribution is -0.388. The number of hydrogen-bond donors (Lipinski definition) is 3. The van der Waals surface area contributed by atoms with Crippen LogP contribution in [0.25, 0.3) is 0 Å². The predicted octanol–water partition coefficient (Wildman–Crippen LogP) is 3.41. The van der Waals surface area contributed by atoms with Gasteiger partial charge in [0.25, 0.3) is 0 Å². The maximum atomic E-state index is 10.6. The van der Waals surface area contributed by atoms with Crippen LogP contribution in [0.4, 0.5) is 11.4 Å². The molecular formula is C16H21ClN4O6S2. The first kappa shape index (κ1) is 27.0. The fraction of sp³-hybridized carbons (Fsp3) is 0.375. The summed E-state index contributed by atoms with van der Waals surface area (Å²) in [4.78, 5) is 27.5. The van der Waals surface area contributed by atoms with Gasteiger partial charge in [-0.15, -0.1) is 11.8 Å². The maximum Gasteiger partial charge on any atom is 0.305 e. The molecule has 13 heteroatoms. The number of rotatable bonds is 8. The zero-order valence-corrected chi connectivity index (χ0v) is 17.7. The Morgan fingerprint density at radius 1 is 1.00 bits per heavy atom. The number of thiol groups is 1. The number of halogens is 1. The number of thioether (sulfide) groups is 1. The van der Waals surface area contributed by atoms with Crippen LogP contribution in [0.2, 0.25) is 5.02 Å². The van der Waals surface area contributed by atoms with Crippen LogP contribution in [-0.4, -0.2) is 54.7 Å². The van der Waals surface area contributed by atoms with Crippen LogP contribution in [0.5, 0.6) is 0 Å². The minimum Gasteiger partial charge on any atom is -0.396 e. The summed E-state index contributed by atoms with van der Waals surface area (Å²) in [5, 5.41) is 37.4. The van der Waals surface area contributed by atoms with Crippen molar-refractivity contribution in [2.75, 3.05) is 24.7 Å². The quantitative estimate of drug-likeness (QED) is 0.175. The first-order chi connectivity index (χ1) is 13.9. The van der Waals surface area contributed by atoms with E-state index in [9.17, 15) is 20.2 Å². The zero-order chi connectivity index (χ0) is 22.1. The summed E-state index contributed by atoms with van der Waals surface area (Å²) in [5.41, 5.74) is -0.139. The molecule has 0 bridgehead atoms. The summed E-state index contributed by atoms with van der Waals surface area (Å²) in [6, 6.07) is 2.99. The van der Waals surface area contributed by atoms with Crippen molar-refractivity contribution in [3.05, 3.63) is 62.2 Å². The standard InChI is InChI=1S/C8H10N2O3S.C5H3ClN2O2.C3H8OS/c11-4-1-5-14-8-2-3-9-6-7(8)10(12)13;6-4-1-2-7-3-5(4)8(9)10;4-2-1-3-5/h2-3,6,11H,1,4-5H2;1-3H;4-5H,1-3H2. The van der Waals surface area contributed by atoms with Gasteiger partial charge in [0.05, 0.1) is 14.7 Å². The van der Waals surface area contributed by atoms with Gasteiger partial charge in [-0.25, -0.2) is 0 Å². The van der Waals surface area contributed by atoms with E-state index in [1.807, 2.05) is 0 Å². The van der Waals surface area contributed by atoms with E-state index in [-0.39, 0.29) is 29.6 Å². The number of nitrogens with zero attached hydrogens (tertiary/aromatic N) is 4. The molecule has 0 aliphatic rings. The largest absolute Gasteiger partial charge is 0.396 e. The third-order valence-corrected chi connectivity index (χ3v) is 4.56. The molecule has 10 nitrogen and oxygen atoms in total. The van der Waals surface area contributed by atoms with E-state index >= 15 is 0 Å². The normalized spacial score (nSPS) is 9.52. The lowest BCUT2D eigenvalue weighted by Crippen LogP contribution is -1.93. The van der Waals surface area contributed by atoms with Crippen LogP contribution in [0.3, 0.4) is 0 Å². The first-order valence-corrected chi connectivity index (χ1v) is 10.2. The molecule has 0 saturated carbocycles. The van der Waals surface area contributed by atoms with Crippen molar-refractivity contribution in [2.24, 2.45) is 0 Å². The van der Waals surface area contributed by atoms with Gasteiger partial charge in [-0.1, -0.05) is 11.6 Å². The minimum absolute atomic E-state index is 0.0236. The van der Waals surface area contributed by atoms with Gasteiger partial charge in [-0.2, -0.15) is 12.6 Å². The molecule has 29 heavy (non-hydrogen) atoms. The maximum absolute atomic E-state index is 10.6. The van der Waals surface area contributed by atoms with E-state index in [0.29, 0.717) is 17.1 Å². The molecule has 2 heterocycles. The van der Waals surface area contributed by atoms with E-state index in [2.05, 4.69) is 22.6 Å². The molecule has 0 aliphatic heterocycles. The van der Waals surface area contributed by atoms with Crippen LogP contribution in [0.15, 0.2) is 41.8 Å². The number of nitro groups is 2. The molecule has 0 atom stereocenters. The van der Waals surface area contributed by atoms with Crippen molar-refractivity contribution in [1.29, 1.82) is 0 Å². The SMILES string of the molecule is O=[N+]([O-])c1cnccc1Cl.O=[N+]([O-])c1cnccc1SCCCO.OCCCS. The molecule has 0 radical (unpaired) electrons. The molecule has 2 aromatic heterocycles. The van der Waals surface area contributed by atoms with Crippen molar-refractivity contribution in [3.8, 4) is 0 Å². The van der Waals surface area contributed by atoms with Gasteiger partial charge in [0.2, 0.25) is 0 Å². The first-order valence-electron chi connectivity index (χ1n) is 8.16. The van der Waals surface area contributed by atoms with Gasteiger partial charge in [0, 0.05) is 31.4 Å². The molecule has 0 spiro atoms. The summed E-state index contributed by atoms with van der Waals surface area (Å²) < 4.78 is 0. The predicted molar refractivity (Wildman–Crippen MR) is 115 cm³/mol. The highest BCUT2D eigenvalue weighted by molar-refractivity contribution is 7.99. The Labute approximate surface area is 182 Å². The Bertz CT molecular complexity index is 755. The molecule has 0 amide bonds. The molecule has 0 fully saturated rings. The average molecular weight is 465 g/mol. The van der Waals surface area contributed by atoms with Gasteiger partial charge in [-0.3, -0.25) is 30.2 Å². The highest BCUT2D eigenvalue weighted by atomic mass is 35.5. The highest BCUT2D eigenvalue weighted by Gasteiger charge is 2.12. The van der Waals surface area contributed by atoms with E-state index in [4.69, 9.17) is 21.8 Å². The minimum atomic E-state index is -0.574. The lowest BCUT2D eigenvalue weighted by Gasteiger charge is -2.00. The van der Waals surface area contributed by atoms with Crippen molar-refractivity contribution in [1.82, 2.24) is 9.97 Å². The third-order valence-electron chi connectivity index (χ3n) is 2.78. The second-order valence-corrected chi connectivity index (χ2v) is 6.90. The number of hydrogen-bond acceptors (Lipinski definition) is 10. The lowest BCUT2D eigenvalue weighted by atomic mass is 10.4. The molecular weight excluding hydrogens is 444 g/mol. The third kappa shape index (κ3) is 12.2. The van der Waals surface area contributed by atoms with Crippen molar-refractivity contribution in [3.63, 3.8) is 0 Å². The molecule has 0 aromatic carbocycles. The van der Waals surface area contributed by atoms with Crippen molar-refractivity contribution >= 4 is 47.4 Å². The zero-order valence-electron chi connectivity index (χ0n) is 15.3. The Balaban J connectivity index is 0.000000455. The van der Waals surface area contributed by atoms with Crippen LogP contribution in [0, 0.1) is 20.2 Å². The Morgan fingerprint density at radius 2 is 1.55 bits per heavy atom. The average Bonchev–Trinajstić information content (AvgIpc) is 2.70. The molecule has 160 valence electrons. The van der Waals surface area contributed by atoms with Crippen molar-refractivity contribution < 1.29 is 20.1 Å². The highest BCUT2D eigenvalue weighted by Crippen LogP contribution is 2.27. The van der Waals surface area contributed by atoms with E-state index in [1.54, 1.807) is 6.07 Å². The molecule has 2 aromatic rings. The number of aliphatic hydroxyl groups excluding tert-OH is 2. The van der Waals surface area contributed by atoms with E-state index in [1.165, 1.54) is 36.4 Å². The Hall–Kier alpha value is -1.99. The smallest absolute Gasteiger partial charge is 0.305 e. The van der Waals surface area contributed by atoms with Crippen LogP contribution in [-0.2, 0) is 0 Å². The summed E-state index contributed by atoms with van der Waals surface area (Å²) in [7, 11) is 0.